The molecule has 1 aromatic heterocycles. The Bertz CT molecular complexity index is 540. The zero-order valence-electron chi connectivity index (χ0n) is 11.0. The first kappa shape index (κ1) is 14.7. The topological polar surface area (TPSA) is 62.3 Å². The number of pyridine rings is 1. The van der Waals surface area contributed by atoms with Gasteiger partial charge in [0.05, 0.1) is 4.90 Å². The van der Waals surface area contributed by atoms with Crippen LogP contribution >= 0.6 is 11.6 Å². The van der Waals surface area contributed by atoms with Gasteiger partial charge in [-0.3, -0.25) is 0 Å². The fourth-order valence-electron chi connectivity index (χ4n) is 2.34. The third kappa shape index (κ3) is 3.45. The quantitative estimate of drug-likeness (QED) is 0.870. The van der Waals surface area contributed by atoms with Crippen molar-refractivity contribution in [3.63, 3.8) is 0 Å². The highest BCUT2D eigenvalue weighted by molar-refractivity contribution is 7.89. The lowest BCUT2D eigenvalue weighted by Gasteiger charge is -2.38. The van der Waals surface area contributed by atoms with Gasteiger partial charge in [0.25, 0.3) is 10.0 Å². The largest absolute Gasteiger partial charge is 0.253 e. The molecule has 1 saturated heterocycles. The minimum absolute atomic E-state index is 0.137. The van der Waals surface area contributed by atoms with E-state index < -0.39 is 10.0 Å². The van der Waals surface area contributed by atoms with Crippen LogP contribution in [-0.4, -0.2) is 30.5 Å². The predicted molar refractivity (Wildman–Crippen MR) is 74.2 cm³/mol. The summed E-state index contributed by atoms with van der Waals surface area (Å²) in [6.07, 6.45) is 4.50. The molecule has 0 spiro atoms. The van der Waals surface area contributed by atoms with Gasteiger partial charge >= 0.3 is 0 Å². The summed E-state index contributed by atoms with van der Waals surface area (Å²) < 4.78 is 24.6. The Balaban J connectivity index is 2.21. The van der Waals surface area contributed by atoms with Gasteiger partial charge in [0.1, 0.15) is 5.15 Å². The smallest absolute Gasteiger partial charge is 0.244 e. The highest BCUT2D eigenvalue weighted by Crippen LogP contribution is 2.22. The summed E-state index contributed by atoms with van der Waals surface area (Å²) in [6, 6.07) is 3.17. The Morgan fingerprint density at radius 1 is 1.37 bits per heavy atom. The lowest BCUT2D eigenvalue weighted by molar-refractivity contribution is 0.0790. The first-order valence-corrected chi connectivity index (χ1v) is 8.18. The SMILES string of the molecule is CC1CCCC(C)N1NS(=O)(=O)c1ccnc(Cl)c1. The van der Waals surface area contributed by atoms with E-state index in [-0.39, 0.29) is 22.1 Å². The third-order valence-corrected chi connectivity index (χ3v) is 4.96. The Morgan fingerprint density at radius 2 is 2.00 bits per heavy atom. The molecule has 0 saturated carbocycles. The van der Waals surface area contributed by atoms with Crippen LogP contribution in [0.2, 0.25) is 5.15 Å². The Labute approximate surface area is 119 Å². The van der Waals surface area contributed by atoms with Gasteiger partial charge < -0.3 is 0 Å². The summed E-state index contributed by atoms with van der Waals surface area (Å²) in [6.45, 7) is 4.05. The summed E-state index contributed by atoms with van der Waals surface area (Å²) in [7, 11) is -3.60. The van der Waals surface area contributed by atoms with Crippen LogP contribution in [-0.2, 0) is 10.0 Å². The van der Waals surface area contributed by atoms with Gasteiger partial charge in [-0.15, -0.1) is 4.83 Å². The zero-order chi connectivity index (χ0) is 14.0. The fourth-order valence-corrected chi connectivity index (χ4v) is 3.83. The molecular weight excluding hydrogens is 286 g/mol. The molecule has 5 nitrogen and oxygen atoms in total. The van der Waals surface area contributed by atoms with Crippen LogP contribution in [0.5, 0.6) is 0 Å². The van der Waals surface area contributed by atoms with Crippen molar-refractivity contribution < 1.29 is 8.42 Å². The average Bonchev–Trinajstić information content (AvgIpc) is 2.34. The average molecular weight is 304 g/mol. The van der Waals surface area contributed by atoms with Gasteiger partial charge in [-0.1, -0.05) is 18.0 Å². The molecule has 19 heavy (non-hydrogen) atoms. The molecule has 2 atom stereocenters. The second-order valence-corrected chi connectivity index (χ2v) is 6.99. The molecule has 1 N–H and O–H groups in total. The maximum atomic E-state index is 12.3. The van der Waals surface area contributed by atoms with Crippen molar-refractivity contribution in [2.45, 2.75) is 50.1 Å². The van der Waals surface area contributed by atoms with Crippen molar-refractivity contribution >= 4 is 21.6 Å². The molecule has 1 aliphatic heterocycles. The Morgan fingerprint density at radius 3 is 2.58 bits per heavy atom. The summed E-state index contributed by atoms with van der Waals surface area (Å²) in [4.78, 5) is 6.58. The molecule has 2 heterocycles. The summed E-state index contributed by atoms with van der Waals surface area (Å²) in [5, 5.41) is 1.98. The summed E-state index contributed by atoms with van der Waals surface area (Å²) in [5.74, 6) is 0. The van der Waals surface area contributed by atoms with Crippen molar-refractivity contribution in [3.05, 3.63) is 23.5 Å². The first-order chi connectivity index (χ1) is 8.90. The Hall–Kier alpha value is -0.690. The number of halogens is 1. The van der Waals surface area contributed by atoms with E-state index in [2.05, 4.69) is 9.82 Å². The molecule has 1 aliphatic rings. The van der Waals surface area contributed by atoms with Crippen LogP contribution in [0.25, 0.3) is 0 Å². The monoisotopic (exact) mass is 303 g/mol. The third-order valence-electron chi connectivity index (χ3n) is 3.43. The van der Waals surface area contributed by atoms with Crippen LogP contribution in [0.4, 0.5) is 0 Å². The van der Waals surface area contributed by atoms with Crippen molar-refractivity contribution in [2.24, 2.45) is 0 Å². The highest BCUT2D eigenvalue weighted by Gasteiger charge is 2.29. The number of hydrogen-bond donors (Lipinski definition) is 1. The van der Waals surface area contributed by atoms with Crippen LogP contribution in [0.1, 0.15) is 33.1 Å². The fraction of sp³-hybridized carbons (Fsp3) is 0.583. The normalized spacial score (nSPS) is 25.4. The number of nitrogens with zero attached hydrogens (tertiary/aromatic N) is 2. The molecule has 0 bridgehead atoms. The summed E-state index contributed by atoms with van der Waals surface area (Å²) in [5.41, 5.74) is 0. The van der Waals surface area contributed by atoms with Gasteiger partial charge in [0.15, 0.2) is 0 Å². The molecule has 0 radical (unpaired) electrons. The maximum Gasteiger partial charge on any atom is 0.253 e. The maximum absolute atomic E-state index is 12.3. The molecule has 0 aliphatic carbocycles. The van der Waals surface area contributed by atoms with Gasteiger partial charge in [-0.25, -0.2) is 18.4 Å². The molecule has 1 aromatic rings. The van der Waals surface area contributed by atoms with Crippen LogP contribution in [0, 0.1) is 0 Å². The van der Waals surface area contributed by atoms with E-state index in [1.165, 1.54) is 18.3 Å². The number of hydrogen-bond acceptors (Lipinski definition) is 4. The molecule has 0 amide bonds. The number of aromatic nitrogens is 1. The van der Waals surface area contributed by atoms with Gasteiger partial charge in [0.2, 0.25) is 0 Å². The standard InChI is InChI=1S/C12H18ClN3O2S/c1-9-4-3-5-10(2)16(9)15-19(17,18)11-6-7-14-12(13)8-11/h6-10,15H,3-5H2,1-2H3. The van der Waals surface area contributed by atoms with Gasteiger partial charge in [-0.05, 0) is 38.8 Å². The van der Waals surface area contributed by atoms with E-state index in [0.29, 0.717) is 0 Å². The van der Waals surface area contributed by atoms with Crippen LogP contribution < -0.4 is 4.83 Å². The van der Waals surface area contributed by atoms with Crippen molar-refractivity contribution in [2.75, 3.05) is 0 Å². The molecule has 7 heteroatoms. The number of hydrazine groups is 1. The van der Waals surface area contributed by atoms with E-state index in [1.807, 2.05) is 18.9 Å². The summed E-state index contributed by atoms with van der Waals surface area (Å²) >= 11 is 5.73. The van der Waals surface area contributed by atoms with E-state index in [4.69, 9.17) is 11.6 Å². The lowest BCUT2D eigenvalue weighted by Crippen LogP contribution is -2.53. The lowest BCUT2D eigenvalue weighted by atomic mass is 10.0. The highest BCUT2D eigenvalue weighted by atomic mass is 35.5. The number of rotatable bonds is 3. The number of nitrogens with one attached hydrogen (secondary N) is 1. The molecule has 2 unspecified atom stereocenters. The van der Waals surface area contributed by atoms with Crippen LogP contribution in [0.3, 0.4) is 0 Å². The van der Waals surface area contributed by atoms with Crippen molar-refractivity contribution in [3.8, 4) is 0 Å². The van der Waals surface area contributed by atoms with Gasteiger partial charge in [-0.2, -0.15) is 0 Å². The van der Waals surface area contributed by atoms with Crippen molar-refractivity contribution in [1.82, 2.24) is 14.8 Å². The minimum Gasteiger partial charge on any atom is -0.244 e. The number of piperidine rings is 1. The molecule has 2 rings (SSSR count). The van der Waals surface area contributed by atoms with E-state index in [1.54, 1.807) is 0 Å². The van der Waals surface area contributed by atoms with E-state index in [9.17, 15) is 8.42 Å². The predicted octanol–water partition coefficient (Wildman–Crippen LogP) is 2.19. The van der Waals surface area contributed by atoms with E-state index >= 15 is 0 Å². The molecule has 1 fully saturated rings. The Kier molecular flexibility index (Phi) is 4.45. The zero-order valence-corrected chi connectivity index (χ0v) is 12.6. The van der Waals surface area contributed by atoms with Gasteiger partial charge in [0, 0.05) is 18.3 Å². The van der Waals surface area contributed by atoms with E-state index in [0.717, 1.165) is 19.3 Å². The molecular formula is C12H18ClN3O2S. The van der Waals surface area contributed by atoms with Crippen molar-refractivity contribution in [1.29, 1.82) is 0 Å². The molecule has 0 aromatic carbocycles. The number of sulfonamides is 1. The molecule has 106 valence electrons. The first-order valence-electron chi connectivity index (χ1n) is 6.32. The second kappa shape index (κ2) is 5.75. The minimum atomic E-state index is -3.60. The second-order valence-electron chi connectivity index (χ2n) is 4.95. The van der Waals surface area contributed by atoms with Crippen LogP contribution in [0.15, 0.2) is 23.2 Å².